The smallest absolute Gasteiger partial charge is 0.312 e. The van der Waals surface area contributed by atoms with Gasteiger partial charge in [0.1, 0.15) is 17.9 Å². The van der Waals surface area contributed by atoms with E-state index in [9.17, 15) is 14.9 Å². The Hall–Kier alpha value is -2.78. The van der Waals surface area contributed by atoms with Crippen LogP contribution in [0.1, 0.15) is 22.5 Å². The Bertz CT molecular complexity index is 858. The minimum absolute atomic E-state index is 0.0383. The quantitative estimate of drug-likeness (QED) is 0.571. The second kappa shape index (κ2) is 8.94. The topological polar surface area (TPSA) is 103 Å². The number of amides is 1. The fraction of sp³-hybridized carbons (Fsp3) is 0.474. The Morgan fingerprint density at radius 2 is 1.93 bits per heavy atom. The van der Waals surface area contributed by atoms with E-state index in [0.29, 0.717) is 17.9 Å². The van der Waals surface area contributed by atoms with Crippen LogP contribution in [0.4, 0.5) is 5.69 Å². The number of nitrogens with one attached hydrogen (secondary N) is 1. The monoisotopic (exact) mass is 387 g/mol. The van der Waals surface area contributed by atoms with Gasteiger partial charge in [0.2, 0.25) is 5.91 Å². The molecule has 0 atom stereocenters. The van der Waals surface area contributed by atoms with Crippen LogP contribution in [0.3, 0.4) is 0 Å². The Morgan fingerprint density at radius 1 is 1.25 bits per heavy atom. The van der Waals surface area contributed by atoms with Crippen LogP contribution in [0.2, 0.25) is 0 Å². The largest absolute Gasteiger partial charge is 0.379 e. The molecule has 1 aliphatic rings. The maximum Gasteiger partial charge on any atom is 0.312 e. The molecule has 1 N–H and O–H groups in total. The molecular weight excluding hydrogens is 362 g/mol. The summed E-state index contributed by atoms with van der Waals surface area (Å²) in [4.78, 5) is 25.3. The average Bonchev–Trinajstić information content (AvgIpc) is 2.95. The molecule has 0 aliphatic carbocycles. The molecule has 1 saturated heterocycles. The second-order valence-corrected chi connectivity index (χ2v) is 6.87. The minimum Gasteiger partial charge on any atom is -0.379 e. The van der Waals surface area contributed by atoms with Crippen LogP contribution in [0.15, 0.2) is 24.3 Å². The lowest BCUT2D eigenvalue weighted by atomic mass is 10.1. The highest BCUT2D eigenvalue weighted by atomic mass is 16.6. The first-order chi connectivity index (χ1) is 13.5. The molecule has 3 rings (SSSR count). The number of carbonyl (C=O) groups is 1. The van der Waals surface area contributed by atoms with Gasteiger partial charge in [0.25, 0.3) is 0 Å². The molecule has 1 aliphatic heterocycles. The lowest BCUT2D eigenvalue weighted by molar-refractivity contribution is -0.386. The fourth-order valence-corrected chi connectivity index (χ4v) is 3.38. The molecule has 1 fully saturated rings. The van der Waals surface area contributed by atoms with Gasteiger partial charge in [0.05, 0.1) is 18.1 Å². The summed E-state index contributed by atoms with van der Waals surface area (Å²) in [6.45, 7) is 7.63. The SMILES string of the molecule is Cc1nn(CC(=O)NCc2ccccc2CN2CCOCC2)c(C)c1[N+](=O)[O-]. The highest BCUT2D eigenvalue weighted by Crippen LogP contribution is 2.21. The molecule has 9 nitrogen and oxygen atoms in total. The summed E-state index contributed by atoms with van der Waals surface area (Å²) in [6, 6.07) is 8.02. The molecule has 0 unspecified atom stereocenters. The van der Waals surface area contributed by atoms with E-state index in [2.05, 4.69) is 21.4 Å². The number of aromatic nitrogens is 2. The van der Waals surface area contributed by atoms with Gasteiger partial charge >= 0.3 is 5.69 Å². The zero-order valence-corrected chi connectivity index (χ0v) is 16.2. The lowest BCUT2D eigenvalue weighted by Gasteiger charge is -2.27. The number of nitro groups is 1. The number of carbonyl (C=O) groups excluding carboxylic acids is 1. The number of aryl methyl sites for hydroxylation is 1. The van der Waals surface area contributed by atoms with Gasteiger partial charge in [0, 0.05) is 26.2 Å². The third-order valence-electron chi connectivity index (χ3n) is 4.91. The van der Waals surface area contributed by atoms with Crippen LogP contribution in [0.25, 0.3) is 0 Å². The predicted molar refractivity (Wildman–Crippen MR) is 103 cm³/mol. The zero-order valence-electron chi connectivity index (χ0n) is 16.2. The highest BCUT2D eigenvalue weighted by Gasteiger charge is 2.22. The van der Waals surface area contributed by atoms with Gasteiger partial charge in [-0.3, -0.25) is 24.5 Å². The summed E-state index contributed by atoms with van der Waals surface area (Å²) in [5, 5.41) is 18.1. The number of hydrogen-bond donors (Lipinski definition) is 1. The van der Waals surface area contributed by atoms with Crippen LogP contribution in [0.5, 0.6) is 0 Å². The molecule has 0 bridgehead atoms. The number of rotatable bonds is 7. The van der Waals surface area contributed by atoms with Gasteiger partial charge in [-0.15, -0.1) is 0 Å². The summed E-state index contributed by atoms with van der Waals surface area (Å²) >= 11 is 0. The van der Waals surface area contributed by atoms with Crippen molar-refractivity contribution in [3.8, 4) is 0 Å². The molecule has 0 spiro atoms. The van der Waals surface area contributed by atoms with Crippen molar-refractivity contribution in [1.29, 1.82) is 0 Å². The van der Waals surface area contributed by atoms with Crippen LogP contribution in [-0.4, -0.2) is 51.8 Å². The van der Waals surface area contributed by atoms with Gasteiger partial charge in [-0.05, 0) is 25.0 Å². The summed E-state index contributed by atoms with van der Waals surface area (Å²) in [6.07, 6.45) is 0. The molecule has 28 heavy (non-hydrogen) atoms. The fourth-order valence-electron chi connectivity index (χ4n) is 3.38. The number of hydrogen-bond acceptors (Lipinski definition) is 6. The third-order valence-corrected chi connectivity index (χ3v) is 4.91. The molecule has 0 radical (unpaired) electrons. The van der Waals surface area contributed by atoms with Crippen molar-refractivity contribution < 1.29 is 14.5 Å². The van der Waals surface area contributed by atoms with Gasteiger partial charge < -0.3 is 10.1 Å². The third kappa shape index (κ3) is 4.73. The number of nitrogens with zero attached hydrogens (tertiary/aromatic N) is 4. The van der Waals surface area contributed by atoms with E-state index in [1.165, 1.54) is 10.2 Å². The Morgan fingerprint density at radius 3 is 2.57 bits per heavy atom. The molecule has 2 aromatic rings. The first-order valence-corrected chi connectivity index (χ1v) is 9.27. The number of ether oxygens (including phenoxy) is 1. The van der Waals surface area contributed by atoms with E-state index in [1.54, 1.807) is 13.8 Å². The van der Waals surface area contributed by atoms with E-state index >= 15 is 0 Å². The van der Waals surface area contributed by atoms with E-state index in [1.807, 2.05) is 18.2 Å². The lowest BCUT2D eigenvalue weighted by Crippen LogP contribution is -2.36. The van der Waals surface area contributed by atoms with Crippen molar-refractivity contribution >= 4 is 11.6 Å². The highest BCUT2D eigenvalue weighted by molar-refractivity contribution is 5.75. The minimum atomic E-state index is -0.464. The Labute approximate surface area is 163 Å². The molecule has 1 amide bonds. The van der Waals surface area contributed by atoms with Crippen LogP contribution in [-0.2, 0) is 29.2 Å². The van der Waals surface area contributed by atoms with E-state index < -0.39 is 4.92 Å². The number of benzene rings is 1. The molecule has 0 saturated carbocycles. The zero-order chi connectivity index (χ0) is 20.1. The van der Waals surface area contributed by atoms with Gasteiger partial charge in [-0.1, -0.05) is 24.3 Å². The predicted octanol–water partition coefficient (Wildman–Crippen LogP) is 1.56. The summed E-state index contributed by atoms with van der Waals surface area (Å²) in [7, 11) is 0. The molecule has 9 heteroatoms. The first-order valence-electron chi connectivity index (χ1n) is 9.27. The standard InChI is InChI=1S/C19H25N5O4/c1-14-19(24(26)27)15(2)23(21-14)13-18(25)20-11-16-5-3-4-6-17(16)12-22-7-9-28-10-8-22/h3-6H,7-13H2,1-2H3,(H,20,25). The van der Waals surface area contributed by atoms with Gasteiger partial charge in [-0.2, -0.15) is 5.10 Å². The van der Waals surface area contributed by atoms with Gasteiger partial charge in [-0.25, -0.2) is 0 Å². The molecular formula is C19H25N5O4. The normalized spacial score (nSPS) is 14.8. The van der Waals surface area contributed by atoms with Crippen LogP contribution >= 0.6 is 0 Å². The maximum absolute atomic E-state index is 12.4. The molecule has 1 aromatic carbocycles. The first kappa shape index (κ1) is 20.0. The second-order valence-electron chi connectivity index (χ2n) is 6.87. The van der Waals surface area contributed by atoms with Crippen molar-refractivity contribution in [2.24, 2.45) is 0 Å². The van der Waals surface area contributed by atoms with Crippen LogP contribution in [0, 0.1) is 24.0 Å². The average molecular weight is 387 g/mol. The van der Waals surface area contributed by atoms with E-state index in [-0.39, 0.29) is 18.1 Å². The Balaban J connectivity index is 1.61. The molecule has 2 heterocycles. The van der Waals surface area contributed by atoms with Crippen molar-refractivity contribution in [3.63, 3.8) is 0 Å². The van der Waals surface area contributed by atoms with Crippen molar-refractivity contribution in [2.75, 3.05) is 26.3 Å². The molecule has 150 valence electrons. The number of morpholine rings is 1. The van der Waals surface area contributed by atoms with Crippen LogP contribution < -0.4 is 5.32 Å². The Kier molecular flexibility index (Phi) is 6.37. The van der Waals surface area contributed by atoms with Gasteiger partial charge in [0.15, 0.2) is 0 Å². The van der Waals surface area contributed by atoms with Crippen molar-refractivity contribution in [3.05, 3.63) is 56.9 Å². The van der Waals surface area contributed by atoms with E-state index in [0.717, 1.165) is 38.4 Å². The molecule has 1 aromatic heterocycles. The maximum atomic E-state index is 12.4. The summed E-state index contributed by atoms with van der Waals surface area (Å²) in [5.74, 6) is -0.235. The van der Waals surface area contributed by atoms with Crippen molar-refractivity contribution in [2.45, 2.75) is 33.5 Å². The summed E-state index contributed by atoms with van der Waals surface area (Å²) < 4.78 is 6.77. The van der Waals surface area contributed by atoms with Crippen molar-refractivity contribution in [1.82, 2.24) is 20.0 Å². The summed E-state index contributed by atoms with van der Waals surface area (Å²) in [5.41, 5.74) is 2.88. The van der Waals surface area contributed by atoms with E-state index in [4.69, 9.17) is 4.74 Å².